The Balaban J connectivity index is 2.39. The molecule has 0 radical (unpaired) electrons. The van der Waals surface area contributed by atoms with Crippen LogP contribution in [0.25, 0.3) is 0 Å². The molecule has 2 N–H and O–H groups in total. The van der Waals surface area contributed by atoms with E-state index in [0.717, 1.165) is 5.70 Å². The van der Waals surface area contributed by atoms with Gasteiger partial charge in [-0.15, -0.1) is 0 Å². The molecule has 0 fully saturated rings. The minimum Gasteiger partial charge on any atom is -0.478 e. The SMILES string of the molecule is O=C(O)C1=CC=C2C=CC=CN2[C@H]1O. The Morgan fingerprint density at radius 3 is 2.86 bits per heavy atom. The summed E-state index contributed by atoms with van der Waals surface area (Å²) in [5.74, 6) is -1.10. The standard InChI is InChI=1S/C10H9NO3/c12-9-8(10(13)14)5-4-7-3-1-2-6-11(7)9/h1-6,9,12H,(H,13,14)/t9-/m0/s1. The molecule has 0 aromatic heterocycles. The first-order chi connectivity index (χ1) is 6.70. The first-order valence-corrected chi connectivity index (χ1v) is 4.16. The molecule has 0 bridgehead atoms. The zero-order chi connectivity index (χ0) is 10.1. The molecule has 0 aromatic rings. The molecule has 2 heterocycles. The summed E-state index contributed by atoms with van der Waals surface area (Å²) in [4.78, 5) is 12.2. The predicted molar refractivity (Wildman–Crippen MR) is 49.9 cm³/mol. The maximum absolute atomic E-state index is 10.7. The molecule has 0 saturated carbocycles. The number of carbonyl (C=O) groups is 1. The average molecular weight is 191 g/mol. The quantitative estimate of drug-likeness (QED) is 0.637. The molecule has 4 nitrogen and oxygen atoms in total. The molecule has 2 aliphatic heterocycles. The zero-order valence-electron chi connectivity index (χ0n) is 7.29. The topological polar surface area (TPSA) is 60.8 Å². The molecule has 2 rings (SSSR count). The van der Waals surface area contributed by atoms with Gasteiger partial charge in [0.15, 0.2) is 6.23 Å². The first-order valence-electron chi connectivity index (χ1n) is 4.16. The predicted octanol–water partition coefficient (Wildman–Crippen LogP) is 0.599. The van der Waals surface area contributed by atoms with Gasteiger partial charge in [0.1, 0.15) is 0 Å². The number of nitrogens with zero attached hydrogens (tertiary/aromatic N) is 1. The van der Waals surface area contributed by atoms with Crippen LogP contribution >= 0.6 is 0 Å². The average Bonchev–Trinajstić information content (AvgIpc) is 2.18. The third-order valence-electron chi connectivity index (χ3n) is 2.15. The van der Waals surface area contributed by atoms with E-state index in [0.29, 0.717) is 0 Å². The monoisotopic (exact) mass is 191 g/mol. The molecule has 0 aliphatic carbocycles. The fourth-order valence-corrected chi connectivity index (χ4v) is 1.43. The van der Waals surface area contributed by atoms with Crippen molar-refractivity contribution in [2.75, 3.05) is 0 Å². The van der Waals surface area contributed by atoms with Gasteiger partial charge < -0.3 is 15.1 Å². The summed E-state index contributed by atoms with van der Waals surface area (Å²) in [6, 6.07) is 0. The largest absolute Gasteiger partial charge is 0.478 e. The van der Waals surface area contributed by atoms with Gasteiger partial charge >= 0.3 is 5.97 Å². The number of fused-ring (bicyclic) bond motifs is 1. The van der Waals surface area contributed by atoms with Gasteiger partial charge in [-0.3, -0.25) is 0 Å². The lowest BCUT2D eigenvalue weighted by Crippen LogP contribution is -2.36. The van der Waals surface area contributed by atoms with E-state index in [-0.39, 0.29) is 5.57 Å². The number of hydrogen-bond donors (Lipinski definition) is 2. The third-order valence-corrected chi connectivity index (χ3v) is 2.15. The van der Waals surface area contributed by atoms with Gasteiger partial charge in [0.25, 0.3) is 0 Å². The lowest BCUT2D eigenvalue weighted by atomic mass is 10.1. The highest BCUT2D eigenvalue weighted by molar-refractivity contribution is 5.88. The molecule has 0 amide bonds. The van der Waals surface area contributed by atoms with E-state index in [1.54, 1.807) is 24.4 Å². The van der Waals surface area contributed by atoms with Crippen molar-refractivity contribution in [3.05, 3.63) is 47.9 Å². The number of aliphatic hydroxyl groups is 1. The summed E-state index contributed by atoms with van der Waals surface area (Å²) in [6.07, 6.45) is 9.00. The van der Waals surface area contributed by atoms with Crippen LogP contribution in [-0.4, -0.2) is 27.3 Å². The summed E-state index contributed by atoms with van der Waals surface area (Å²) < 4.78 is 0. The molecule has 2 aliphatic rings. The highest BCUT2D eigenvalue weighted by Gasteiger charge is 2.27. The van der Waals surface area contributed by atoms with E-state index in [2.05, 4.69) is 0 Å². The van der Waals surface area contributed by atoms with Crippen molar-refractivity contribution < 1.29 is 15.0 Å². The van der Waals surface area contributed by atoms with Gasteiger partial charge in [-0.2, -0.15) is 0 Å². The molecule has 0 saturated heterocycles. The lowest BCUT2D eigenvalue weighted by Gasteiger charge is -2.31. The van der Waals surface area contributed by atoms with Crippen LogP contribution in [0.15, 0.2) is 47.9 Å². The highest BCUT2D eigenvalue weighted by Crippen LogP contribution is 2.23. The molecule has 0 spiro atoms. The molecule has 1 atom stereocenters. The van der Waals surface area contributed by atoms with Crippen LogP contribution in [0.4, 0.5) is 0 Å². The Hall–Kier alpha value is -1.81. The van der Waals surface area contributed by atoms with Crippen LogP contribution in [0.2, 0.25) is 0 Å². The van der Waals surface area contributed by atoms with E-state index in [9.17, 15) is 9.90 Å². The van der Waals surface area contributed by atoms with Crippen LogP contribution in [-0.2, 0) is 4.79 Å². The smallest absolute Gasteiger partial charge is 0.336 e. The Kier molecular flexibility index (Phi) is 1.98. The van der Waals surface area contributed by atoms with Crippen LogP contribution < -0.4 is 0 Å². The van der Waals surface area contributed by atoms with Gasteiger partial charge in [0, 0.05) is 11.9 Å². The van der Waals surface area contributed by atoms with E-state index < -0.39 is 12.2 Å². The first kappa shape index (κ1) is 8.77. The summed E-state index contributed by atoms with van der Waals surface area (Å²) in [5, 5.41) is 18.5. The second kappa shape index (κ2) is 3.16. The number of allylic oxidation sites excluding steroid dienone is 5. The zero-order valence-corrected chi connectivity index (χ0v) is 7.29. The van der Waals surface area contributed by atoms with Crippen LogP contribution in [0.3, 0.4) is 0 Å². The number of aliphatic carboxylic acids is 1. The second-order valence-electron chi connectivity index (χ2n) is 3.00. The molecule has 14 heavy (non-hydrogen) atoms. The third kappa shape index (κ3) is 1.25. The summed E-state index contributed by atoms with van der Waals surface area (Å²) in [7, 11) is 0. The molecule has 0 unspecified atom stereocenters. The van der Waals surface area contributed by atoms with Crippen molar-refractivity contribution in [1.29, 1.82) is 0 Å². The van der Waals surface area contributed by atoms with Gasteiger partial charge in [-0.05, 0) is 24.3 Å². The number of carboxylic acid groups (broad SMARTS) is 1. The minimum absolute atomic E-state index is 0.0197. The van der Waals surface area contributed by atoms with Crippen LogP contribution in [0, 0.1) is 0 Å². The van der Waals surface area contributed by atoms with Crippen LogP contribution in [0.1, 0.15) is 0 Å². The summed E-state index contributed by atoms with van der Waals surface area (Å²) in [6.45, 7) is 0. The van der Waals surface area contributed by atoms with Crippen molar-refractivity contribution in [2.45, 2.75) is 6.23 Å². The maximum Gasteiger partial charge on any atom is 0.336 e. The second-order valence-corrected chi connectivity index (χ2v) is 3.00. The van der Waals surface area contributed by atoms with Crippen molar-refractivity contribution in [3.63, 3.8) is 0 Å². The minimum atomic E-state index is -1.10. The van der Waals surface area contributed by atoms with E-state index in [1.165, 1.54) is 11.0 Å². The van der Waals surface area contributed by atoms with Crippen molar-refractivity contribution in [3.8, 4) is 0 Å². The Labute approximate surface area is 80.8 Å². The van der Waals surface area contributed by atoms with Crippen LogP contribution in [0.5, 0.6) is 0 Å². The van der Waals surface area contributed by atoms with Crippen molar-refractivity contribution in [2.24, 2.45) is 0 Å². The van der Waals surface area contributed by atoms with Crippen molar-refractivity contribution in [1.82, 2.24) is 4.90 Å². The Morgan fingerprint density at radius 1 is 1.36 bits per heavy atom. The molecule has 0 aromatic carbocycles. The number of rotatable bonds is 1. The van der Waals surface area contributed by atoms with Gasteiger partial charge in [0.05, 0.1) is 5.57 Å². The molecule has 4 heteroatoms. The number of aliphatic hydroxyl groups excluding tert-OH is 1. The van der Waals surface area contributed by atoms with Crippen molar-refractivity contribution >= 4 is 5.97 Å². The number of carboxylic acids is 1. The highest BCUT2D eigenvalue weighted by atomic mass is 16.4. The lowest BCUT2D eigenvalue weighted by molar-refractivity contribution is -0.134. The Bertz CT molecular complexity index is 390. The summed E-state index contributed by atoms with van der Waals surface area (Å²) >= 11 is 0. The normalized spacial score (nSPS) is 24.1. The van der Waals surface area contributed by atoms with Gasteiger partial charge in [-0.1, -0.05) is 6.08 Å². The Morgan fingerprint density at radius 2 is 2.14 bits per heavy atom. The fourth-order valence-electron chi connectivity index (χ4n) is 1.43. The molecule has 72 valence electrons. The van der Waals surface area contributed by atoms with E-state index in [1.807, 2.05) is 6.08 Å². The van der Waals surface area contributed by atoms with E-state index >= 15 is 0 Å². The maximum atomic E-state index is 10.7. The number of hydrogen-bond acceptors (Lipinski definition) is 3. The summed E-state index contributed by atoms with van der Waals surface area (Å²) in [5.41, 5.74) is 0.763. The molecular weight excluding hydrogens is 182 g/mol. The fraction of sp³-hybridized carbons (Fsp3) is 0.100. The molecular formula is C10H9NO3. The van der Waals surface area contributed by atoms with Gasteiger partial charge in [0.2, 0.25) is 0 Å². The van der Waals surface area contributed by atoms with E-state index in [4.69, 9.17) is 5.11 Å². The van der Waals surface area contributed by atoms with Gasteiger partial charge in [-0.25, -0.2) is 4.79 Å².